The van der Waals surface area contributed by atoms with Gasteiger partial charge in [0.05, 0.1) is 13.0 Å². The van der Waals surface area contributed by atoms with Crippen LogP contribution in [0.15, 0.2) is 30.3 Å². The summed E-state index contributed by atoms with van der Waals surface area (Å²) in [4.78, 5) is 25.9. The fourth-order valence-corrected chi connectivity index (χ4v) is 3.64. The number of hydrogen-bond donors (Lipinski definition) is 2. The molecule has 3 atom stereocenters. The van der Waals surface area contributed by atoms with E-state index in [1.165, 1.54) is 0 Å². The second kappa shape index (κ2) is 7.79. The van der Waals surface area contributed by atoms with E-state index in [0.717, 1.165) is 31.5 Å². The third-order valence-corrected chi connectivity index (χ3v) is 4.91. The van der Waals surface area contributed by atoms with Crippen molar-refractivity contribution in [1.82, 2.24) is 10.2 Å². The van der Waals surface area contributed by atoms with Gasteiger partial charge in [-0.15, -0.1) is 12.4 Å². The van der Waals surface area contributed by atoms with Crippen LogP contribution in [0.25, 0.3) is 0 Å². The Labute approximate surface area is 143 Å². The number of fused-ring (bicyclic) bond motifs is 1. The van der Waals surface area contributed by atoms with Crippen LogP contribution in [0.2, 0.25) is 0 Å². The highest BCUT2D eigenvalue weighted by Crippen LogP contribution is 2.36. The molecule has 1 aromatic carbocycles. The monoisotopic (exact) mass is 337 g/mol. The maximum atomic E-state index is 12.2. The summed E-state index contributed by atoms with van der Waals surface area (Å²) in [5.74, 6) is 0.890. The van der Waals surface area contributed by atoms with Crippen molar-refractivity contribution < 1.29 is 9.59 Å². The van der Waals surface area contributed by atoms with Gasteiger partial charge < -0.3 is 16.0 Å². The van der Waals surface area contributed by atoms with E-state index in [0.29, 0.717) is 18.3 Å². The highest BCUT2D eigenvalue weighted by molar-refractivity contribution is 5.86. The normalized spacial score (nSPS) is 25.6. The molecule has 2 aliphatic rings. The zero-order chi connectivity index (χ0) is 15.5. The zero-order valence-corrected chi connectivity index (χ0v) is 13.9. The molecule has 0 spiro atoms. The lowest BCUT2D eigenvalue weighted by Gasteiger charge is -2.19. The molecule has 23 heavy (non-hydrogen) atoms. The van der Waals surface area contributed by atoms with Gasteiger partial charge in [-0.1, -0.05) is 30.3 Å². The SMILES string of the molecule is Cl.NC1CCC2CN(C(=O)CNC(=O)Cc3ccccc3)CC12. The highest BCUT2D eigenvalue weighted by Gasteiger charge is 2.42. The molecule has 0 radical (unpaired) electrons. The number of nitrogens with one attached hydrogen (secondary N) is 1. The molecule has 3 N–H and O–H groups in total. The molecule has 1 saturated heterocycles. The molecule has 1 saturated carbocycles. The van der Waals surface area contributed by atoms with Gasteiger partial charge in [0.15, 0.2) is 0 Å². The molecular weight excluding hydrogens is 314 g/mol. The minimum absolute atomic E-state index is 0. The number of nitrogens with zero attached hydrogens (tertiary/aromatic N) is 1. The van der Waals surface area contributed by atoms with E-state index in [-0.39, 0.29) is 36.8 Å². The van der Waals surface area contributed by atoms with Crippen LogP contribution in [-0.2, 0) is 16.0 Å². The van der Waals surface area contributed by atoms with Crippen LogP contribution in [0.4, 0.5) is 0 Å². The van der Waals surface area contributed by atoms with E-state index in [9.17, 15) is 9.59 Å². The zero-order valence-electron chi connectivity index (χ0n) is 13.1. The molecule has 1 aromatic rings. The lowest BCUT2D eigenvalue weighted by molar-refractivity contribution is -0.132. The fraction of sp³-hybridized carbons (Fsp3) is 0.529. The van der Waals surface area contributed by atoms with Crippen LogP contribution in [0.3, 0.4) is 0 Å². The molecule has 0 bridgehead atoms. The Bertz CT molecular complexity index is 552. The van der Waals surface area contributed by atoms with Gasteiger partial charge in [-0.2, -0.15) is 0 Å². The molecule has 6 heteroatoms. The maximum Gasteiger partial charge on any atom is 0.241 e. The number of carbonyl (C=O) groups is 2. The Morgan fingerprint density at radius 1 is 1.17 bits per heavy atom. The van der Waals surface area contributed by atoms with Gasteiger partial charge in [0.2, 0.25) is 11.8 Å². The molecule has 2 amide bonds. The minimum Gasteiger partial charge on any atom is -0.347 e. The summed E-state index contributed by atoms with van der Waals surface area (Å²) < 4.78 is 0. The van der Waals surface area contributed by atoms with Crippen molar-refractivity contribution in [3.8, 4) is 0 Å². The summed E-state index contributed by atoms with van der Waals surface area (Å²) in [6.45, 7) is 1.63. The van der Waals surface area contributed by atoms with E-state index in [2.05, 4.69) is 5.32 Å². The third kappa shape index (κ3) is 4.24. The first-order chi connectivity index (χ1) is 10.6. The van der Waals surface area contributed by atoms with Crippen molar-refractivity contribution in [3.63, 3.8) is 0 Å². The van der Waals surface area contributed by atoms with Gasteiger partial charge in [0.1, 0.15) is 0 Å². The van der Waals surface area contributed by atoms with Gasteiger partial charge in [-0.05, 0) is 30.2 Å². The van der Waals surface area contributed by atoms with E-state index < -0.39 is 0 Å². The molecular formula is C17H24ClN3O2. The molecule has 1 heterocycles. The van der Waals surface area contributed by atoms with Gasteiger partial charge in [-0.3, -0.25) is 9.59 Å². The summed E-state index contributed by atoms with van der Waals surface area (Å²) in [6, 6.07) is 9.77. The summed E-state index contributed by atoms with van der Waals surface area (Å²) >= 11 is 0. The van der Waals surface area contributed by atoms with Crippen molar-refractivity contribution >= 4 is 24.2 Å². The second-order valence-electron chi connectivity index (χ2n) is 6.40. The first kappa shape index (κ1) is 17.8. The number of nitrogens with two attached hydrogens (primary N) is 1. The quantitative estimate of drug-likeness (QED) is 0.859. The molecule has 3 unspecified atom stereocenters. The second-order valence-corrected chi connectivity index (χ2v) is 6.40. The number of amides is 2. The van der Waals surface area contributed by atoms with Gasteiger partial charge in [0, 0.05) is 19.1 Å². The average molecular weight is 338 g/mol. The van der Waals surface area contributed by atoms with Crippen LogP contribution in [0.5, 0.6) is 0 Å². The van der Waals surface area contributed by atoms with Crippen molar-refractivity contribution in [2.45, 2.75) is 25.3 Å². The van der Waals surface area contributed by atoms with Gasteiger partial charge >= 0.3 is 0 Å². The van der Waals surface area contributed by atoms with Crippen LogP contribution in [-0.4, -0.2) is 42.4 Å². The Morgan fingerprint density at radius 2 is 1.91 bits per heavy atom. The van der Waals surface area contributed by atoms with Crippen molar-refractivity contribution in [1.29, 1.82) is 0 Å². The Hall–Kier alpha value is -1.59. The van der Waals surface area contributed by atoms with E-state index >= 15 is 0 Å². The first-order valence-electron chi connectivity index (χ1n) is 7.97. The van der Waals surface area contributed by atoms with Crippen LogP contribution in [0.1, 0.15) is 18.4 Å². The lowest BCUT2D eigenvalue weighted by Crippen LogP contribution is -2.40. The van der Waals surface area contributed by atoms with Crippen LogP contribution < -0.4 is 11.1 Å². The smallest absolute Gasteiger partial charge is 0.241 e. The lowest BCUT2D eigenvalue weighted by atomic mass is 9.98. The van der Waals surface area contributed by atoms with Gasteiger partial charge in [-0.25, -0.2) is 0 Å². The summed E-state index contributed by atoms with van der Waals surface area (Å²) in [7, 11) is 0. The first-order valence-corrected chi connectivity index (χ1v) is 7.97. The Balaban J connectivity index is 0.00000192. The van der Waals surface area contributed by atoms with Crippen molar-refractivity contribution in [2.75, 3.05) is 19.6 Å². The summed E-state index contributed by atoms with van der Waals surface area (Å²) in [6.07, 6.45) is 2.51. The van der Waals surface area contributed by atoms with Crippen molar-refractivity contribution in [2.24, 2.45) is 17.6 Å². The number of likely N-dealkylation sites (tertiary alicyclic amines) is 1. The van der Waals surface area contributed by atoms with Crippen molar-refractivity contribution in [3.05, 3.63) is 35.9 Å². The van der Waals surface area contributed by atoms with Crippen LogP contribution in [0, 0.1) is 11.8 Å². The average Bonchev–Trinajstić information content (AvgIpc) is 3.08. The molecule has 0 aromatic heterocycles. The predicted octanol–water partition coefficient (Wildman–Crippen LogP) is 0.963. The van der Waals surface area contributed by atoms with E-state index in [1.54, 1.807) is 0 Å². The molecule has 1 aliphatic heterocycles. The minimum atomic E-state index is -0.115. The maximum absolute atomic E-state index is 12.2. The Morgan fingerprint density at radius 3 is 2.61 bits per heavy atom. The van der Waals surface area contributed by atoms with E-state index in [4.69, 9.17) is 5.73 Å². The molecule has 2 fully saturated rings. The molecule has 1 aliphatic carbocycles. The molecule has 3 rings (SSSR count). The standard InChI is InChI=1S/C17H23N3O2.ClH/c18-15-7-6-13-10-20(11-14(13)15)17(22)9-19-16(21)8-12-4-2-1-3-5-12;/h1-5,13-15H,6-11,18H2,(H,19,21);1H. The van der Waals surface area contributed by atoms with Crippen LogP contribution >= 0.6 is 12.4 Å². The fourth-order valence-electron chi connectivity index (χ4n) is 3.64. The van der Waals surface area contributed by atoms with E-state index in [1.807, 2.05) is 35.2 Å². The van der Waals surface area contributed by atoms with Gasteiger partial charge in [0.25, 0.3) is 0 Å². The number of carbonyl (C=O) groups excluding carboxylic acids is 2. The topological polar surface area (TPSA) is 75.4 Å². The number of benzene rings is 1. The highest BCUT2D eigenvalue weighted by atomic mass is 35.5. The Kier molecular flexibility index (Phi) is 6.02. The number of rotatable bonds is 4. The number of halogens is 1. The third-order valence-electron chi connectivity index (χ3n) is 4.91. The summed E-state index contributed by atoms with van der Waals surface area (Å²) in [5, 5.41) is 2.72. The molecule has 126 valence electrons. The summed E-state index contributed by atoms with van der Waals surface area (Å²) in [5.41, 5.74) is 7.04. The predicted molar refractivity (Wildman–Crippen MR) is 91.2 cm³/mol. The molecule has 5 nitrogen and oxygen atoms in total. The largest absolute Gasteiger partial charge is 0.347 e. The number of hydrogen-bond acceptors (Lipinski definition) is 3.